The number of carbonyl (C=O) groups excluding carboxylic acids is 2. The van der Waals surface area contributed by atoms with Crippen LogP contribution in [0.2, 0.25) is 0 Å². The van der Waals surface area contributed by atoms with Crippen molar-refractivity contribution in [2.45, 2.75) is 40.8 Å². The maximum atomic E-state index is 13.2. The first-order valence-electron chi connectivity index (χ1n) is 10.3. The van der Waals surface area contributed by atoms with Gasteiger partial charge in [0.2, 0.25) is 0 Å². The molecule has 1 aromatic heterocycles. The van der Waals surface area contributed by atoms with Crippen molar-refractivity contribution < 1.29 is 60.2 Å². The van der Waals surface area contributed by atoms with Gasteiger partial charge >= 0.3 is 12.2 Å². The number of hydrogen-bond donors (Lipinski definition) is 2. The summed E-state index contributed by atoms with van der Waals surface area (Å²) in [5.41, 5.74) is 2.88. The standard InChI is InChI=1S/C25H23F3N3O3.Y/c1-13-6-7-18(11-21(13)25(26,27)28)30-24(33)31-22-14(2)16(4)23(17(5)15(22)3)34-20-8-9-29-19(10-20)12-32;/h6-11H,1-5H3,(H2,30,31,33);/q-1;. The topological polar surface area (TPSA) is 80.3 Å². The third-order valence-corrected chi connectivity index (χ3v) is 5.65. The van der Waals surface area contributed by atoms with E-state index in [1.165, 1.54) is 31.3 Å². The second-order valence-corrected chi connectivity index (χ2v) is 7.89. The summed E-state index contributed by atoms with van der Waals surface area (Å²) in [6.07, 6.45) is -1.37. The Morgan fingerprint density at radius 3 is 2.14 bits per heavy atom. The van der Waals surface area contributed by atoms with Crippen LogP contribution >= 0.6 is 0 Å². The third kappa shape index (κ3) is 6.47. The molecule has 35 heavy (non-hydrogen) atoms. The monoisotopic (exact) mass is 559 g/mol. The quantitative estimate of drug-likeness (QED) is 0.349. The minimum atomic E-state index is -4.52. The van der Waals surface area contributed by atoms with Gasteiger partial charge in [-0.05, 0) is 80.6 Å². The van der Waals surface area contributed by atoms with Crippen LogP contribution < -0.4 is 15.4 Å². The van der Waals surface area contributed by atoms with E-state index in [0.29, 0.717) is 17.2 Å². The molecule has 0 bridgehead atoms. The van der Waals surface area contributed by atoms with E-state index in [0.717, 1.165) is 28.3 Å². The first kappa shape index (κ1) is 28.5. The number of benzene rings is 2. The molecular formula is C25H23F3N3O3Y-. The molecule has 0 aliphatic heterocycles. The Balaban J connectivity index is 0.00000432. The number of alkyl halides is 3. The molecule has 0 saturated heterocycles. The largest absolute Gasteiger partial charge is 0.476 e. The van der Waals surface area contributed by atoms with Crippen molar-refractivity contribution in [2.75, 3.05) is 10.6 Å². The molecule has 0 saturated carbocycles. The summed E-state index contributed by atoms with van der Waals surface area (Å²) < 4.78 is 45.5. The zero-order valence-corrected chi connectivity index (χ0v) is 22.7. The summed E-state index contributed by atoms with van der Waals surface area (Å²) in [5.74, 6) is 0.981. The van der Waals surface area contributed by atoms with Gasteiger partial charge in [0.1, 0.15) is 5.75 Å². The van der Waals surface area contributed by atoms with Gasteiger partial charge in [0.25, 0.3) is 0 Å². The average Bonchev–Trinajstić information content (AvgIpc) is 2.79. The molecule has 2 N–H and O–H groups in total. The maximum Gasteiger partial charge on any atom is 0.416 e. The normalized spacial score (nSPS) is 10.9. The van der Waals surface area contributed by atoms with E-state index in [9.17, 15) is 22.8 Å². The molecule has 10 heteroatoms. The van der Waals surface area contributed by atoms with Gasteiger partial charge in [-0.15, -0.1) is 6.07 Å². The molecular weight excluding hydrogens is 536 g/mol. The van der Waals surface area contributed by atoms with Crippen molar-refractivity contribution in [2.24, 2.45) is 0 Å². The fraction of sp³-hybridized carbons (Fsp3) is 0.240. The van der Waals surface area contributed by atoms with Gasteiger partial charge in [0.05, 0.1) is 11.3 Å². The summed E-state index contributed by atoms with van der Waals surface area (Å²) in [6, 6.07) is 6.03. The Morgan fingerprint density at radius 2 is 1.57 bits per heavy atom. The predicted octanol–water partition coefficient (Wildman–Crippen LogP) is 6.53. The number of carbonyl (C=O) groups is 1. The van der Waals surface area contributed by atoms with Crippen molar-refractivity contribution in [3.05, 3.63) is 75.6 Å². The molecule has 3 aromatic rings. The zero-order chi connectivity index (χ0) is 25.2. The van der Waals surface area contributed by atoms with Crippen molar-refractivity contribution >= 4 is 23.7 Å². The second-order valence-electron chi connectivity index (χ2n) is 7.89. The summed E-state index contributed by atoms with van der Waals surface area (Å²) in [6.45, 7) is 8.61. The number of rotatable bonds is 5. The molecule has 0 spiro atoms. The van der Waals surface area contributed by atoms with Crippen LogP contribution in [0.5, 0.6) is 11.5 Å². The Labute approximate surface area is 226 Å². The van der Waals surface area contributed by atoms with Gasteiger partial charge in [-0.2, -0.15) is 13.2 Å². The van der Waals surface area contributed by atoms with Crippen molar-refractivity contribution in [3.63, 3.8) is 0 Å². The number of nitrogens with zero attached hydrogens (tertiary/aromatic N) is 1. The average molecular weight is 559 g/mol. The number of urea groups is 1. The minimum absolute atomic E-state index is 0. The molecule has 0 fully saturated rings. The SMILES string of the molecule is Cc1ccc(NC(=O)Nc2c(C)c(C)c(Oc3ccnc([C-]=O)c3)c(C)c2C)cc1C(F)(F)F.[Y]. The first-order chi connectivity index (χ1) is 15.9. The van der Waals surface area contributed by atoms with Crippen LogP contribution in [0.4, 0.5) is 29.3 Å². The van der Waals surface area contributed by atoms with E-state index in [1.807, 2.05) is 13.8 Å². The van der Waals surface area contributed by atoms with Crippen LogP contribution in [-0.4, -0.2) is 17.3 Å². The van der Waals surface area contributed by atoms with E-state index < -0.39 is 17.8 Å². The molecule has 1 heterocycles. The van der Waals surface area contributed by atoms with Crippen LogP contribution in [0.3, 0.4) is 0 Å². The number of pyridine rings is 1. The summed E-state index contributed by atoms with van der Waals surface area (Å²) in [7, 11) is 0. The van der Waals surface area contributed by atoms with Gasteiger partial charge in [0, 0.05) is 56.6 Å². The van der Waals surface area contributed by atoms with Gasteiger partial charge in [0.15, 0.2) is 0 Å². The van der Waals surface area contributed by atoms with Crippen molar-refractivity contribution in [1.29, 1.82) is 0 Å². The van der Waals surface area contributed by atoms with Crippen LogP contribution in [-0.2, 0) is 43.7 Å². The number of aromatic nitrogens is 1. The zero-order valence-electron chi connectivity index (χ0n) is 19.8. The Kier molecular flexibility index (Phi) is 9.19. The van der Waals surface area contributed by atoms with Crippen LogP contribution in [0.1, 0.15) is 39.1 Å². The van der Waals surface area contributed by atoms with Crippen molar-refractivity contribution in [3.8, 4) is 11.5 Å². The van der Waals surface area contributed by atoms with Gasteiger partial charge in [-0.3, -0.25) is 4.98 Å². The number of amides is 2. The summed E-state index contributed by atoms with van der Waals surface area (Å²) in [4.78, 5) is 27.4. The fourth-order valence-corrected chi connectivity index (χ4v) is 3.55. The molecule has 3 rings (SSSR count). The summed E-state index contributed by atoms with van der Waals surface area (Å²) in [5, 5.41) is 5.21. The second kappa shape index (κ2) is 11.3. The molecule has 1 radical (unpaired) electrons. The molecule has 0 atom stereocenters. The third-order valence-electron chi connectivity index (χ3n) is 5.65. The van der Waals surface area contributed by atoms with E-state index in [-0.39, 0.29) is 49.7 Å². The molecule has 6 nitrogen and oxygen atoms in total. The molecule has 0 unspecified atom stereocenters. The molecule has 2 aromatic carbocycles. The van der Waals surface area contributed by atoms with Gasteiger partial charge in [-0.25, -0.2) is 4.79 Å². The van der Waals surface area contributed by atoms with Crippen LogP contribution in [0.25, 0.3) is 0 Å². The van der Waals surface area contributed by atoms with E-state index in [2.05, 4.69) is 15.6 Å². The maximum absolute atomic E-state index is 13.2. The van der Waals surface area contributed by atoms with E-state index in [4.69, 9.17) is 4.74 Å². The smallest absolute Gasteiger partial charge is 0.416 e. The van der Waals surface area contributed by atoms with Crippen LogP contribution in [0.15, 0.2) is 36.5 Å². The molecule has 181 valence electrons. The Hall–Kier alpha value is -2.78. The molecule has 2 amide bonds. The van der Waals surface area contributed by atoms with E-state index in [1.54, 1.807) is 26.2 Å². The summed E-state index contributed by atoms with van der Waals surface area (Å²) >= 11 is 0. The number of anilines is 2. The predicted molar refractivity (Wildman–Crippen MR) is 123 cm³/mol. The molecule has 0 aliphatic carbocycles. The molecule has 0 aliphatic rings. The van der Waals surface area contributed by atoms with Gasteiger partial charge in [-0.1, -0.05) is 11.8 Å². The number of aryl methyl sites for hydroxylation is 1. The first-order valence-corrected chi connectivity index (χ1v) is 10.3. The Bertz CT molecular complexity index is 1250. The number of hydrogen-bond acceptors (Lipinski definition) is 4. The minimum Gasteiger partial charge on any atom is -0.476 e. The van der Waals surface area contributed by atoms with Crippen molar-refractivity contribution in [1.82, 2.24) is 4.98 Å². The van der Waals surface area contributed by atoms with Gasteiger partial charge < -0.3 is 20.2 Å². The Morgan fingerprint density at radius 1 is 0.943 bits per heavy atom. The fourth-order valence-electron chi connectivity index (χ4n) is 3.55. The number of ether oxygens (including phenoxy) is 1. The van der Waals surface area contributed by atoms with Crippen LogP contribution in [0, 0.1) is 34.6 Å². The number of halogens is 3. The van der Waals surface area contributed by atoms with E-state index >= 15 is 0 Å². The number of nitrogens with one attached hydrogen (secondary N) is 2.